The number of nitrogens with zero attached hydrogens (tertiary/aromatic N) is 4. The Hall–Kier alpha value is -2.93. The summed E-state index contributed by atoms with van der Waals surface area (Å²) in [6, 6.07) is 6.92. The van der Waals surface area contributed by atoms with Crippen LogP contribution in [-0.4, -0.2) is 30.2 Å². The third kappa shape index (κ3) is 3.06. The van der Waals surface area contributed by atoms with Crippen molar-refractivity contribution in [3.05, 3.63) is 63.6 Å². The van der Waals surface area contributed by atoms with Crippen LogP contribution in [0.2, 0.25) is 5.02 Å². The second kappa shape index (κ2) is 6.52. The average molecular weight is 359 g/mol. The number of rotatable bonds is 5. The van der Waals surface area contributed by atoms with Gasteiger partial charge in [0.15, 0.2) is 5.82 Å². The standard InChI is InChI=1S/C17H15ClN4O3/c1-3-8-21-10(2)13(9-14(23)24)16(25)22-17(21)19-15(20-22)11-4-6-12(18)7-5-11/h3-7H,1,8-9H2,2H3,(H,23,24). The van der Waals surface area contributed by atoms with Crippen LogP contribution in [0.25, 0.3) is 17.2 Å². The molecule has 25 heavy (non-hydrogen) atoms. The van der Waals surface area contributed by atoms with Crippen LogP contribution in [-0.2, 0) is 17.8 Å². The quantitative estimate of drug-likeness (QED) is 0.707. The Morgan fingerprint density at radius 2 is 2.04 bits per heavy atom. The molecule has 2 aromatic heterocycles. The summed E-state index contributed by atoms with van der Waals surface area (Å²) in [7, 11) is 0. The summed E-state index contributed by atoms with van der Waals surface area (Å²) in [5.74, 6) is -0.386. The van der Waals surface area contributed by atoms with Crippen LogP contribution >= 0.6 is 11.6 Å². The molecule has 0 atom stereocenters. The van der Waals surface area contributed by atoms with Gasteiger partial charge in [-0.15, -0.1) is 11.7 Å². The van der Waals surface area contributed by atoms with Crippen molar-refractivity contribution >= 4 is 23.3 Å². The van der Waals surface area contributed by atoms with Gasteiger partial charge >= 0.3 is 5.97 Å². The lowest BCUT2D eigenvalue weighted by atomic mass is 10.1. The second-order valence-corrected chi connectivity index (χ2v) is 5.93. The van der Waals surface area contributed by atoms with Crippen LogP contribution in [0.1, 0.15) is 11.3 Å². The number of aromatic nitrogens is 4. The summed E-state index contributed by atoms with van der Waals surface area (Å²) in [5.41, 5.74) is 0.933. The van der Waals surface area contributed by atoms with Crippen LogP contribution in [0.5, 0.6) is 0 Å². The van der Waals surface area contributed by atoms with Crippen molar-refractivity contribution in [2.24, 2.45) is 0 Å². The SMILES string of the molecule is C=CCn1c(C)c(CC(=O)O)c(=O)n2nc(-c3ccc(Cl)cc3)nc12. The molecule has 1 N–H and O–H groups in total. The lowest BCUT2D eigenvalue weighted by Crippen LogP contribution is -2.27. The van der Waals surface area contributed by atoms with E-state index in [2.05, 4.69) is 16.7 Å². The first-order valence-corrected chi connectivity index (χ1v) is 7.88. The van der Waals surface area contributed by atoms with Crippen molar-refractivity contribution in [1.29, 1.82) is 0 Å². The van der Waals surface area contributed by atoms with Gasteiger partial charge in [0.05, 0.1) is 6.42 Å². The van der Waals surface area contributed by atoms with E-state index in [9.17, 15) is 9.59 Å². The van der Waals surface area contributed by atoms with E-state index in [0.717, 1.165) is 4.52 Å². The number of hydrogen-bond donors (Lipinski definition) is 1. The second-order valence-electron chi connectivity index (χ2n) is 5.49. The first-order valence-electron chi connectivity index (χ1n) is 7.50. The van der Waals surface area contributed by atoms with Crippen molar-refractivity contribution in [3.63, 3.8) is 0 Å². The van der Waals surface area contributed by atoms with Crippen molar-refractivity contribution in [3.8, 4) is 11.4 Å². The highest BCUT2D eigenvalue weighted by atomic mass is 35.5. The zero-order valence-corrected chi connectivity index (χ0v) is 14.2. The van der Waals surface area contributed by atoms with E-state index in [1.807, 2.05) is 0 Å². The predicted molar refractivity (Wildman–Crippen MR) is 94.0 cm³/mol. The maximum absolute atomic E-state index is 12.7. The minimum absolute atomic E-state index is 0.175. The maximum atomic E-state index is 12.7. The van der Waals surface area contributed by atoms with Crippen LogP contribution in [0.15, 0.2) is 41.7 Å². The molecule has 0 aliphatic rings. The molecule has 8 heteroatoms. The average Bonchev–Trinajstić information content (AvgIpc) is 3.01. The van der Waals surface area contributed by atoms with E-state index in [1.165, 1.54) is 0 Å². The van der Waals surface area contributed by atoms with Crippen LogP contribution in [0, 0.1) is 6.92 Å². The van der Waals surface area contributed by atoms with Crippen LogP contribution in [0.4, 0.5) is 0 Å². The van der Waals surface area contributed by atoms with Crippen LogP contribution in [0.3, 0.4) is 0 Å². The molecule has 1 aromatic carbocycles. The third-order valence-electron chi connectivity index (χ3n) is 3.87. The summed E-state index contributed by atoms with van der Waals surface area (Å²) in [5, 5.41) is 13.9. The van der Waals surface area contributed by atoms with Crippen LogP contribution < -0.4 is 5.56 Å². The van der Waals surface area contributed by atoms with Gasteiger partial charge in [0, 0.05) is 28.4 Å². The molecule has 3 rings (SSSR count). The topological polar surface area (TPSA) is 89.5 Å². The van der Waals surface area contributed by atoms with Gasteiger partial charge in [-0.25, -0.2) is 0 Å². The number of carboxylic acids is 1. The van der Waals surface area contributed by atoms with E-state index in [-0.39, 0.29) is 12.0 Å². The molecule has 0 saturated carbocycles. The Morgan fingerprint density at radius 3 is 2.64 bits per heavy atom. The fraction of sp³-hybridized carbons (Fsp3) is 0.176. The van der Waals surface area contributed by atoms with Crippen molar-refractivity contribution in [2.45, 2.75) is 19.9 Å². The normalized spacial score (nSPS) is 11.0. The highest BCUT2D eigenvalue weighted by Crippen LogP contribution is 2.19. The molecule has 7 nitrogen and oxygen atoms in total. The molecule has 0 aliphatic carbocycles. The summed E-state index contributed by atoms with van der Waals surface area (Å²) < 4.78 is 2.86. The molecule has 0 amide bonds. The van der Waals surface area contributed by atoms with Gasteiger partial charge in [0.2, 0.25) is 5.78 Å². The molecule has 128 valence electrons. The number of carbonyl (C=O) groups is 1. The molecular weight excluding hydrogens is 344 g/mol. The van der Waals surface area contributed by atoms with Gasteiger partial charge in [-0.05, 0) is 31.2 Å². The Bertz CT molecular complexity index is 1030. The molecule has 2 heterocycles. The van der Waals surface area contributed by atoms with E-state index < -0.39 is 11.5 Å². The number of carboxylic acid groups (broad SMARTS) is 1. The fourth-order valence-corrected chi connectivity index (χ4v) is 2.76. The van der Waals surface area contributed by atoms with Crippen molar-refractivity contribution in [2.75, 3.05) is 0 Å². The zero-order valence-electron chi connectivity index (χ0n) is 13.4. The molecule has 3 aromatic rings. The number of halogens is 1. The fourth-order valence-electron chi connectivity index (χ4n) is 2.63. The van der Waals surface area contributed by atoms with Crippen molar-refractivity contribution in [1.82, 2.24) is 19.2 Å². The molecule has 0 bridgehead atoms. The number of benzene rings is 1. The smallest absolute Gasteiger partial charge is 0.308 e. The first-order chi connectivity index (χ1) is 11.9. The largest absolute Gasteiger partial charge is 0.481 e. The number of hydrogen-bond acceptors (Lipinski definition) is 4. The van der Waals surface area contributed by atoms with Gasteiger partial charge in [0.1, 0.15) is 0 Å². The predicted octanol–water partition coefficient (Wildman–Crippen LogP) is 2.33. The molecule has 0 saturated heterocycles. The Labute approximate surface area is 147 Å². The van der Waals surface area contributed by atoms with Crippen molar-refractivity contribution < 1.29 is 9.90 Å². The molecule has 0 unspecified atom stereocenters. The monoisotopic (exact) mass is 358 g/mol. The third-order valence-corrected chi connectivity index (χ3v) is 4.12. The summed E-state index contributed by atoms with van der Waals surface area (Å²) in [6.45, 7) is 5.77. The van der Waals surface area contributed by atoms with Gasteiger partial charge in [-0.2, -0.15) is 9.50 Å². The number of allylic oxidation sites excluding steroid dienone is 1. The lowest BCUT2D eigenvalue weighted by Gasteiger charge is -2.12. The Kier molecular flexibility index (Phi) is 4.41. The Balaban J connectivity index is 2.29. The maximum Gasteiger partial charge on any atom is 0.308 e. The summed E-state index contributed by atoms with van der Waals surface area (Å²) >= 11 is 5.89. The zero-order chi connectivity index (χ0) is 18.1. The summed E-state index contributed by atoms with van der Waals surface area (Å²) in [4.78, 5) is 28.2. The van der Waals surface area contributed by atoms with E-state index in [1.54, 1.807) is 41.8 Å². The van der Waals surface area contributed by atoms with Gasteiger partial charge in [-0.3, -0.25) is 9.59 Å². The Morgan fingerprint density at radius 1 is 1.36 bits per heavy atom. The van der Waals surface area contributed by atoms with E-state index >= 15 is 0 Å². The molecule has 0 radical (unpaired) electrons. The number of aliphatic carboxylic acids is 1. The molecular formula is C17H15ClN4O3. The lowest BCUT2D eigenvalue weighted by molar-refractivity contribution is -0.136. The molecule has 0 aliphatic heterocycles. The van der Waals surface area contributed by atoms with E-state index in [4.69, 9.17) is 16.7 Å². The van der Waals surface area contributed by atoms with Gasteiger partial charge in [0.25, 0.3) is 5.56 Å². The molecule has 0 spiro atoms. The highest BCUT2D eigenvalue weighted by molar-refractivity contribution is 6.30. The molecule has 0 fully saturated rings. The first kappa shape index (κ1) is 16.9. The summed E-state index contributed by atoms with van der Waals surface area (Å²) in [6.07, 6.45) is 1.27. The van der Waals surface area contributed by atoms with Gasteiger partial charge < -0.3 is 9.67 Å². The number of fused-ring (bicyclic) bond motifs is 1. The highest BCUT2D eigenvalue weighted by Gasteiger charge is 2.19. The minimum atomic E-state index is -1.08. The van der Waals surface area contributed by atoms with Gasteiger partial charge in [-0.1, -0.05) is 17.7 Å². The van der Waals surface area contributed by atoms with E-state index in [0.29, 0.717) is 34.4 Å². The minimum Gasteiger partial charge on any atom is -0.481 e.